The lowest BCUT2D eigenvalue weighted by molar-refractivity contribution is 0.297. The molecule has 0 unspecified atom stereocenters. The molecule has 13 heavy (non-hydrogen) atoms. The Labute approximate surface area is 77.9 Å². The van der Waals surface area contributed by atoms with Crippen molar-refractivity contribution in [3.63, 3.8) is 0 Å². The molecule has 0 saturated carbocycles. The van der Waals surface area contributed by atoms with Gasteiger partial charge in [-0.2, -0.15) is 0 Å². The van der Waals surface area contributed by atoms with Gasteiger partial charge in [0.05, 0.1) is 12.4 Å². The van der Waals surface area contributed by atoms with Gasteiger partial charge in [-0.1, -0.05) is 30.3 Å². The van der Waals surface area contributed by atoms with Crippen molar-refractivity contribution >= 4 is 6.08 Å². The lowest BCUT2D eigenvalue weighted by Crippen LogP contribution is -2.22. The molecule has 0 atom stereocenters. The smallest absolute Gasteiger partial charge is 0.0966 e. The van der Waals surface area contributed by atoms with Crippen LogP contribution in [0.5, 0.6) is 0 Å². The Morgan fingerprint density at radius 1 is 1.38 bits per heavy atom. The SMILES string of the molecule is NC(=Cc1ccccc1)NCCO. The first-order chi connectivity index (χ1) is 6.33. The number of benzene rings is 1. The molecule has 1 aromatic carbocycles. The van der Waals surface area contributed by atoms with E-state index in [1.54, 1.807) is 0 Å². The molecule has 3 heteroatoms. The van der Waals surface area contributed by atoms with Crippen LogP contribution >= 0.6 is 0 Å². The molecule has 0 aliphatic heterocycles. The van der Waals surface area contributed by atoms with Gasteiger partial charge in [-0.3, -0.25) is 0 Å². The zero-order chi connectivity index (χ0) is 9.52. The largest absolute Gasteiger partial charge is 0.395 e. The second kappa shape index (κ2) is 5.22. The fourth-order valence-electron chi connectivity index (χ4n) is 0.980. The summed E-state index contributed by atoms with van der Waals surface area (Å²) >= 11 is 0. The van der Waals surface area contributed by atoms with Gasteiger partial charge in [0.2, 0.25) is 0 Å². The lowest BCUT2D eigenvalue weighted by atomic mass is 10.2. The van der Waals surface area contributed by atoms with E-state index in [0.29, 0.717) is 12.4 Å². The van der Waals surface area contributed by atoms with Crippen LogP contribution in [-0.4, -0.2) is 18.3 Å². The van der Waals surface area contributed by atoms with E-state index in [1.807, 2.05) is 36.4 Å². The third-order valence-corrected chi connectivity index (χ3v) is 1.56. The van der Waals surface area contributed by atoms with Gasteiger partial charge in [0.25, 0.3) is 0 Å². The highest BCUT2D eigenvalue weighted by Gasteiger charge is 1.89. The molecule has 0 spiro atoms. The molecular weight excluding hydrogens is 164 g/mol. The molecule has 1 aromatic rings. The number of nitrogens with two attached hydrogens (primary N) is 1. The van der Waals surface area contributed by atoms with Crippen LogP contribution in [0.25, 0.3) is 6.08 Å². The van der Waals surface area contributed by atoms with Crippen molar-refractivity contribution in [2.45, 2.75) is 0 Å². The molecule has 0 aliphatic rings. The van der Waals surface area contributed by atoms with Gasteiger partial charge < -0.3 is 16.2 Å². The van der Waals surface area contributed by atoms with Crippen molar-refractivity contribution < 1.29 is 5.11 Å². The molecule has 0 bridgehead atoms. The average molecular weight is 178 g/mol. The minimum Gasteiger partial charge on any atom is -0.395 e. The molecule has 70 valence electrons. The number of rotatable bonds is 4. The van der Waals surface area contributed by atoms with Crippen LogP contribution in [0.1, 0.15) is 5.56 Å². The molecule has 0 aromatic heterocycles. The summed E-state index contributed by atoms with van der Waals surface area (Å²) in [4.78, 5) is 0. The lowest BCUT2D eigenvalue weighted by Gasteiger charge is -2.03. The van der Waals surface area contributed by atoms with Gasteiger partial charge in [-0.05, 0) is 11.6 Å². The summed E-state index contributed by atoms with van der Waals surface area (Å²) in [7, 11) is 0. The van der Waals surface area contributed by atoms with E-state index in [4.69, 9.17) is 10.8 Å². The quantitative estimate of drug-likeness (QED) is 0.630. The number of nitrogens with one attached hydrogen (secondary N) is 1. The van der Waals surface area contributed by atoms with Crippen molar-refractivity contribution in [1.29, 1.82) is 0 Å². The predicted octanol–water partition coefficient (Wildman–Crippen LogP) is 0.526. The molecule has 0 amide bonds. The standard InChI is InChI=1S/C10H14N2O/c11-10(12-6-7-13)8-9-4-2-1-3-5-9/h1-5,8,12-13H,6-7,11H2. The van der Waals surface area contributed by atoms with E-state index in [9.17, 15) is 0 Å². The Hall–Kier alpha value is -1.48. The maximum Gasteiger partial charge on any atom is 0.0966 e. The average Bonchev–Trinajstić information content (AvgIpc) is 2.16. The van der Waals surface area contributed by atoms with Crippen LogP contribution in [0.2, 0.25) is 0 Å². The molecule has 0 aliphatic carbocycles. The number of aliphatic hydroxyl groups is 1. The molecule has 0 heterocycles. The first-order valence-corrected chi connectivity index (χ1v) is 4.20. The van der Waals surface area contributed by atoms with Crippen LogP contribution in [0.15, 0.2) is 36.2 Å². The van der Waals surface area contributed by atoms with Gasteiger partial charge in [0, 0.05) is 6.54 Å². The Morgan fingerprint density at radius 3 is 2.69 bits per heavy atom. The first-order valence-electron chi connectivity index (χ1n) is 4.20. The zero-order valence-electron chi connectivity index (χ0n) is 7.40. The van der Waals surface area contributed by atoms with Crippen LogP contribution in [0.4, 0.5) is 0 Å². The zero-order valence-corrected chi connectivity index (χ0v) is 7.40. The molecular formula is C10H14N2O. The second-order valence-electron chi connectivity index (χ2n) is 2.66. The molecule has 3 nitrogen and oxygen atoms in total. The normalized spacial score (nSPS) is 11.3. The van der Waals surface area contributed by atoms with Crippen LogP contribution in [0.3, 0.4) is 0 Å². The topological polar surface area (TPSA) is 58.3 Å². The summed E-state index contributed by atoms with van der Waals surface area (Å²) in [5, 5.41) is 11.4. The Bertz CT molecular complexity index is 270. The molecule has 0 saturated heterocycles. The maximum absolute atomic E-state index is 8.54. The summed E-state index contributed by atoms with van der Waals surface area (Å²) in [5.74, 6) is 0.570. The summed E-state index contributed by atoms with van der Waals surface area (Å²) < 4.78 is 0. The van der Waals surface area contributed by atoms with Crippen molar-refractivity contribution in [3.8, 4) is 0 Å². The van der Waals surface area contributed by atoms with E-state index in [1.165, 1.54) is 0 Å². The van der Waals surface area contributed by atoms with E-state index in [2.05, 4.69) is 5.32 Å². The van der Waals surface area contributed by atoms with E-state index in [0.717, 1.165) is 5.56 Å². The third kappa shape index (κ3) is 3.62. The van der Waals surface area contributed by atoms with Gasteiger partial charge in [-0.25, -0.2) is 0 Å². The van der Waals surface area contributed by atoms with Crippen LogP contribution < -0.4 is 11.1 Å². The third-order valence-electron chi connectivity index (χ3n) is 1.56. The van der Waals surface area contributed by atoms with Crippen molar-refractivity contribution in [1.82, 2.24) is 5.32 Å². The fourth-order valence-corrected chi connectivity index (χ4v) is 0.980. The highest BCUT2D eigenvalue weighted by atomic mass is 16.3. The number of aliphatic hydroxyl groups excluding tert-OH is 1. The maximum atomic E-state index is 8.54. The monoisotopic (exact) mass is 178 g/mol. The Morgan fingerprint density at radius 2 is 2.08 bits per heavy atom. The Balaban J connectivity index is 2.55. The fraction of sp³-hybridized carbons (Fsp3) is 0.200. The minimum atomic E-state index is 0.0866. The van der Waals surface area contributed by atoms with E-state index >= 15 is 0 Å². The van der Waals surface area contributed by atoms with Gasteiger partial charge in [0.1, 0.15) is 0 Å². The molecule has 0 radical (unpaired) electrons. The number of hydrogen-bond acceptors (Lipinski definition) is 3. The first kappa shape index (κ1) is 9.61. The van der Waals surface area contributed by atoms with Crippen molar-refractivity contribution in [2.24, 2.45) is 5.73 Å². The minimum absolute atomic E-state index is 0.0866. The molecule has 4 N–H and O–H groups in total. The van der Waals surface area contributed by atoms with Crippen molar-refractivity contribution in [2.75, 3.05) is 13.2 Å². The van der Waals surface area contributed by atoms with Gasteiger partial charge in [-0.15, -0.1) is 0 Å². The van der Waals surface area contributed by atoms with Crippen LogP contribution in [-0.2, 0) is 0 Å². The van der Waals surface area contributed by atoms with Gasteiger partial charge in [0.15, 0.2) is 0 Å². The van der Waals surface area contributed by atoms with Crippen LogP contribution in [0, 0.1) is 0 Å². The summed E-state index contributed by atoms with van der Waals surface area (Å²) in [6.45, 7) is 0.568. The number of hydrogen-bond donors (Lipinski definition) is 3. The Kier molecular flexibility index (Phi) is 3.85. The summed E-state index contributed by atoms with van der Waals surface area (Å²) in [6.07, 6.45) is 1.83. The van der Waals surface area contributed by atoms with Crippen molar-refractivity contribution in [3.05, 3.63) is 41.7 Å². The molecule has 0 fully saturated rings. The van der Waals surface area contributed by atoms with E-state index in [-0.39, 0.29) is 6.61 Å². The summed E-state index contributed by atoms with van der Waals surface area (Å²) in [5.41, 5.74) is 6.68. The predicted molar refractivity (Wildman–Crippen MR) is 53.7 cm³/mol. The highest BCUT2D eigenvalue weighted by Crippen LogP contribution is 2.01. The highest BCUT2D eigenvalue weighted by molar-refractivity contribution is 5.51. The summed E-state index contributed by atoms with van der Waals surface area (Å²) in [6, 6.07) is 9.78. The van der Waals surface area contributed by atoms with Gasteiger partial charge >= 0.3 is 0 Å². The second-order valence-corrected chi connectivity index (χ2v) is 2.66. The molecule has 1 rings (SSSR count). The van der Waals surface area contributed by atoms with E-state index < -0.39 is 0 Å².